The number of pyridine rings is 1. The van der Waals surface area contributed by atoms with E-state index >= 15 is 0 Å². The SMILES string of the molecule is CC(C)c1cc(C(=O)N(CCC(=O)O)C(C)C)cc(Cl)n1. The average Bonchev–Trinajstić information content (AvgIpc) is 2.37. The lowest BCUT2D eigenvalue weighted by Gasteiger charge is -2.26. The predicted molar refractivity (Wildman–Crippen MR) is 81.8 cm³/mol. The summed E-state index contributed by atoms with van der Waals surface area (Å²) >= 11 is 5.97. The van der Waals surface area contributed by atoms with E-state index < -0.39 is 5.97 Å². The van der Waals surface area contributed by atoms with Crippen LogP contribution in [0, 0.1) is 0 Å². The monoisotopic (exact) mass is 312 g/mol. The number of rotatable bonds is 6. The number of hydrogen-bond donors (Lipinski definition) is 1. The molecular formula is C15H21ClN2O3. The summed E-state index contributed by atoms with van der Waals surface area (Å²) in [7, 11) is 0. The molecule has 0 saturated carbocycles. The van der Waals surface area contributed by atoms with E-state index in [1.54, 1.807) is 6.07 Å². The average molecular weight is 313 g/mol. The molecular weight excluding hydrogens is 292 g/mol. The minimum absolute atomic E-state index is 0.0836. The number of carboxylic acids is 1. The number of nitrogens with zero attached hydrogens (tertiary/aromatic N) is 2. The van der Waals surface area contributed by atoms with E-state index in [2.05, 4.69) is 4.98 Å². The standard InChI is InChI=1S/C15H21ClN2O3/c1-9(2)12-7-11(8-13(16)17-12)15(21)18(10(3)4)6-5-14(19)20/h7-10H,5-6H2,1-4H3,(H,19,20). The molecule has 0 bridgehead atoms. The molecule has 0 aromatic carbocycles. The molecule has 1 aromatic heterocycles. The summed E-state index contributed by atoms with van der Waals surface area (Å²) < 4.78 is 0. The zero-order chi connectivity index (χ0) is 16.2. The van der Waals surface area contributed by atoms with Crippen LogP contribution in [0.1, 0.15) is 56.1 Å². The minimum Gasteiger partial charge on any atom is -0.481 e. The van der Waals surface area contributed by atoms with Crippen molar-refractivity contribution >= 4 is 23.5 Å². The Morgan fingerprint density at radius 3 is 2.38 bits per heavy atom. The second-order valence-corrected chi connectivity index (χ2v) is 5.88. The predicted octanol–water partition coefficient (Wildman–Crippen LogP) is 3.18. The lowest BCUT2D eigenvalue weighted by atomic mass is 10.1. The topological polar surface area (TPSA) is 70.5 Å². The van der Waals surface area contributed by atoms with Gasteiger partial charge in [0.2, 0.25) is 0 Å². The van der Waals surface area contributed by atoms with Crippen molar-refractivity contribution in [1.29, 1.82) is 0 Å². The third-order valence-electron chi connectivity index (χ3n) is 3.10. The third-order valence-corrected chi connectivity index (χ3v) is 3.30. The first kappa shape index (κ1) is 17.4. The van der Waals surface area contributed by atoms with Gasteiger partial charge in [-0.1, -0.05) is 25.4 Å². The van der Waals surface area contributed by atoms with Gasteiger partial charge >= 0.3 is 5.97 Å². The van der Waals surface area contributed by atoms with Crippen LogP contribution < -0.4 is 0 Å². The molecule has 1 aromatic rings. The minimum atomic E-state index is -0.927. The van der Waals surface area contributed by atoms with Crippen LogP contribution in [0.5, 0.6) is 0 Å². The van der Waals surface area contributed by atoms with Crippen LogP contribution >= 0.6 is 11.6 Å². The first-order valence-electron chi connectivity index (χ1n) is 6.92. The lowest BCUT2D eigenvalue weighted by molar-refractivity contribution is -0.137. The van der Waals surface area contributed by atoms with Crippen LogP contribution in [0.15, 0.2) is 12.1 Å². The van der Waals surface area contributed by atoms with Crippen molar-refractivity contribution in [3.8, 4) is 0 Å². The molecule has 0 radical (unpaired) electrons. The van der Waals surface area contributed by atoms with Crippen molar-refractivity contribution < 1.29 is 14.7 Å². The summed E-state index contributed by atoms with van der Waals surface area (Å²) in [5.74, 6) is -0.997. The van der Waals surface area contributed by atoms with Gasteiger partial charge in [0.1, 0.15) is 5.15 Å². The Labute approximate surface area is 129 Å². The van der Waals surface area contributed by atoms with Crippen LogP contribution in [0.4, 0.5) is 0 Å². The molecule has 5 nitrogen and oxygen atoms in total. The van der Waals surface area contributed by atoms with Crippen LogP contribution in [-0.2, 0) is 4.79 Å². The number of aliphatic carboxylic acids is 1. The molecule has 1 N–H and O–H groups in total. The van der Waals surface area contributed by atoms with Crippen molar-refractivity contribution in [2.75, 3.05) is 6.54 Å². The molecule has 0 spiro atoms. The Balaban J connectivity index is 3.05. The van der Waals surface area contributed by atoms with Gasteiger partial charge in [0.25, 0.3) is 5.91 Å². The largest absolute Gasteiger partial charge is 0.481 e. The van der Waals surface area contributed by atoms with Gasteiger partial charge in [0.05, 0.1) is 6.42 Å². The zero-order valence-electron chi connectivity index (χ0n) is 12.8. The van der Waals surface area contributed by atoms with E-state index in [4.69, 9.17) is 16.7 Å². The van der Waals surface area contributed by atoms with Crippen molar-refractivity contribution in [3.05, 3.63) is 28.5 Å². The van der Waals surface area contributed by atoms with E-state index in [9.17, 15) is 9.59 Å². The maximum absolute atomic E-state index is 12.6. The van der Waals surface area contributed by atoms with Gasteiger partial charge in [0.15, 0.2) is 0 Å². The molecule has 0 atom stereocenters. The van der Waals surface area contributed by atoms with Crippen LogP contribution in [0.25, 0.3) is 0 Å². The van der Waals surface area contributed by atoms with Gasteiger partial charge in [-0.2, -0.15) is 0 Å². The highest BCUT2D eigenvalue weighted by Gasteiger charge is 2.21. The fourth-order valence-electron chi connectivity index (χ4n) is 1.91. The van der Waals surface area contributed by atoms with E-state index in [1.807, 2.05) is 27.7 Å². The summed E-state index contributed by atoms with van der Waals surface area (Å²) in [6.07, 6.45) is -0.0836. The Bertz CT molecular complexity index is 530. The fourth-order valence-corrected chi connectivity index (χ4v) is 2.13. The maximum atomic E-state index is 12.6. The lowest BCUT2D eigenvalue weighted by Crippen LogP contribution is -2.38. The number of carboxylic acid groups (broad SMARTS) is 1. The molecule has 0 aliphatic rings. The number of hydrogen-bond acceptors (Lipinski definition) is 3. The van der Waals surface area contributed by atoms with Gasteiger partial charge in [-0.15, -0.1) is 0 Å². The van der Waals surface area contributed by atoms with Crippen molar-refractivity contribution in [1.82, 2.24) is 9.88 Å². The van der Waals surface area contributed by atoms with Crippen LogP contribution in [0.3, 0.4) is 0 Å². The quantitative estimate of drug-likeness (QED) is 0.819. The Morgan fingerprint density at radius 2 is 1.90 bits per heavy atom. The van der Waals surface area contributed by atoms with Gasteiger partial charge < -0.3 is 10.0 Å². The van der Waals surface area contributed by atoms with E-state index in [0.29, 0.717) is 5.56 Å². The summed E-state index contributed by atoms with van der Waals surface area (Å²) in [6.45, 7) is 7.82. The first-order chi connectivity index (χ1) is 9.72. The number of carbonyl (C=O) groups is 2. The second-order valence-electron chi connectivity index (χ2n) is 5.49. The fraction of sp³-hybridized carbons (Fsp3) is 0.533. The summed E-state index contributed by atoms with van der Waals surface area (Å²) in [5.41, 5.74) is 1.19. The smallest absolute Gasteiger partial charge is 0.305 e. The van der Waals surface area contributed by atoms with Crippen molar-refractivity contribution in [2.24, 2.45) is 0 Å². The first-order valence-corrected chi connectivity index (χ1v) is 7.30. The van der Waals surface area contributed by atoms with E-state index in [0.717, 1.165) is 5.69 Å². The Morgan fingerprint density at radius 1 is 1.29 bits per heavy atom. The van der Waals surface area contributed by atoms with Crippen LogP contribution in [0.2, 0.25) is 5.15 Å². The summed E-state index contributed by atoms with van der Waals surface area (Å²) in [4.78, 5) is 29.0. The molecule has 0 aliphatic heterocycles. The second kappa shape index (κ2) is 7.41. The number of aromatic nitrogens is 1. The van der Waals surface area contributed by atoms with Gasteiger partial charge in [-0.3, -0.25) is 9.59 Å². The number of halogens is 1. The summed E-state index contributed by atoms with van der Waals surface area (Å²) in [5, 5.41) is 9.06. The highest BCUT2D eigenvalue weighted by atomic mass is 35.5. The molecule has 116 valence electrons. The molecule has 1 amide bonds. The third kappa shape index (κ3) is 5.01. The highest BCUT2D eigenvalue weighted by molar-refractivity contribution is 6.29. The molecule has 0 aliphatic carbocycles. The molecule has 0 saturated heterocycles. The molecule has 6 heteroatoms. The maximum Gasteiger partial charge on any atom is 0.305 e. The molecule has 1 heterocycles. The van der Waals surface area contributed by atoms with Crippen molar-refractivity contribution in [3.63, 3.8) is 0 Å². The van der Waals surface area contributed by atoms with Crippen molar-refractivity contribution in [2.45, 2.75) is 46.1 Å². The Hall–Kier alpha value is -1.62. The molecule has 1 rings (SSSR count). The highest BCUT2D eigenvalue weighted by Crippen LogP contribution is 2.19. The number of amides is 1. The van der Waals surface area contributed by atoms with Gasteiger partial charge in [-0.05, 0) is 31.9 Å². The molecule has 21 heavy (non-hydrogen) atoms. The van der Waals surface area contributed by atoms with E-state index in [1.165, 1.54) is 11.0 Å². The zero-order valence-corrected chi connectivity index (χ0v) is 13.5. The Kier molecular flexibility index (Phi) is 6.15. The molecule has 0 unspecified atom stereocenters. The van der Waals surface area contributed by atoms with Gasteiger partial charge in [0, 0.05) is 23.8 Å². The summed E-state index contributed by atoms with van der Waals surface area (Å²) in [6, 6.07) is 3.15. The van der Waals surface area contributed by atoms with Crippen LogP contribution in [-0.4, -0.2) is 39.5 Å². The normalized spacial score (nSPS) is 11.0. The molecule has 0 fully saturated rings. The van der Waals surface area contributed by atoms with E-state index in [-0.39, 0.29) is 36.0 Å². The number of carbonyl (C=O) groups excluding carboxylic acids is 1. The van der Waals surface area contributed by atoms with Gasteiger partial charge in [-0.25, -0.2) is 4.98 Å².